The minimum absolute atomic E-state index is 0.115. The maximum Gasteiger partial charge on any atom is 0.451 e. The van der Waals surface area contributed by atoms with Gasteiger partial charge in [0.1, 0.15) is 5.82 Å². The largest absolute Gasteiger partial charge is 0.481 e. The summed E-state index contributed by atoms with van der Waals surface area (Å²) in [5.41, 5.74) is 0. The highest BCUT2D eigenvalue weighted by molar-refractivity contribution is 5.69. The van der Waals surface area contributed by atoms with Gasteiger partial charge < -0.3 is 9.67 Å². The summed E-state index contributed by atoms with van der Waals surface area (Å²) >= 11 is 0. The number of nitrogens with zero attached hydrogens (tertiary/aromatic N) is 4. The molecular weight excluding hydrogens is 265 g/mol. The van der Waals surface area contributed by atoms with Crippen LogP contribution in [0.3, 0.4) is 0 Å². The van der Waals surface area contributed by atoms with E-state index in [0.717, 1.165) is 4.57 Å². The highest BCUT2D eigenvalue weighted by Crippen LogP contribution is 2.29. The number of hydrogen-bond acceptors (Lipinski definition) is 4. The Morgan fingerprint density at radius 2 is 2.11 bits per heavy atom. The third kappa shape index (κ3) is 2.86. The van der Waals surface area contributed by atoms with Gasteiger partial charge in [0.15, 0.2) is 0 Å². The van der Waals surface area contributed by atoms with E-state index >= 15 is 0 Å². The van der Waals surface area contributed by atoms with Crippen molar-refractivity contribution in [2.45, 2.75) is 26.2 Å². The van der Waals surface area contributed by atoms with Crippen LogP contribution in [0.4, 0.5) is 13.2 Å². The van der Waals surface area contributed by atoms with Crippen molar-refractivity contribution in [2.75, 3.05) is 13.1 Å². The molecule has 0 spiro atoms. The van der Waals surface area contributed by atoms with Crippen molar-refractivity contribution >= 4 is 5.97 Å². The van der Waals surface area contributed by atoms with Crippen LogP contribution < -0.4 is 0 Å². The van der Waals surface area contributed by atoms with E-state index in [1.54, 1.807) is 11.8 Å². The molecule has 1 atom stereocenters. The molecule has 0 saturated carbocycles. The average Bonchev–Trinajstić information content (AvgIpc) is 2.71. The molecular formula is C10H13F3N4O2. The molecule has 0 aliphatic carbocycles. The van der Waals surface area contributed by atoms with E-state index in [1.807, 2.05) is 0 Å². The Hall–Kier alpha value is -1.64. The topological polar surface area (TPSA) is 71.2 Å². The predicted molar refractivity (Wildman–Crippen MR) is 57.1 cm³/mol. The zero-order chi connectivity index (χ0) is 14.2. The summed E-state index contributed by atoms with van der Waals surface area (Å²) in [5, 5.41) is 15.5. The molecule has 19 heavy (non-hydrogen) atoms. The molecule has 0 saturated heterocycles. The fraction of sp³-hybridized carbons (Fsp3) is 0.700. The fourth-order valence-electron chi connectivity index (χ4n) is 2.04. The SMILES string of the molecule is CC(CN1CCn2c(nnc2C(F)(F)F)C1)C(=O)O. The fourth-order valence-corrected chi connectivity index (χ4v) is 2.04. The van der Waals surface area contributed by atoms with Gasteiger partial charge in [0.05, 0.1) is 12.5 Å². The number of carboxylic acids is 1. The third-order valence-electron chi connectivity index (χ3n) is 3.04. The van der Waals surface area contributed by atoms with E-state index in [1.165, 1.54) is 0 Å². The van der Waals surface area contributed by atoms with Gasteiger partial charge in [-0.2, -0.15) is 13.2 Å². The Bertz CT molecular complexity index is 486. The van der Waals surface area contributed by atoms with Crippen molar-refractivity contribution in [3.63, 3.8) is 0 Å². The Morgan fingerprint density at radius 3 is 2.68 bits per heavy atom. The molecule has 1 aliphatic heterocycles. The van der Waals surface area contributed by atoms with Crippen LogP contribution in [0, 0.1) is 5.92 Å². The van der Waals surface area contributed by atoms with Gasteiger partial charge in [-0.1, -0.05) is 6.92 Å². The van der Waals surface area contributed by atoms with Gasteiger partial charge in [-0.25, -0.2) is 0 Å². The first-order chi connectivity index (χ1) is 8.79. The van der Waals surface area contributed by atoms with Crippen molar-refractivity contribution in [1.82, 2.24) is 19.7 Å². The van der Waals surface area contributed by atoms with E-state index in [9.17, 15) is 18.0 Å². The van der Waals surface area contributed by atoms with Crippen molar-refractivity contribution in [1.29, 1.82) is 0 Å². The molecule has 106 valence electrons. The van der Waals surface area contributed by atoms with Crippen LogP contribution in [0.1, 0.15) is 18.6 Å². The van der Waals surface area contributed by atoms with E-state index < -0.39 is 23.9 Å². The summed E-state index contributed by atoms with van der Waals surface area (Å²) in [6, 6.07) is 0. The number of carboxylic acid groups (broad SMARTS) is 1. The zero-order valence-corrected chi connectivity index (χ0v) is 10.2. The number of hydrogen-bond donors (Lipinski definition) is 1. The standard InChI is InChI=1S/C10H13F3N4O2/c1-6(8(18)19)4-16-2-3-17-7(5-16)14-15-9(17)10(11,12)13/h6H,2-5H2,1H3,(H,18,19). The number of carbonyl (C=O) groups is 1. The Balaban J connectivity index is 2.10. The maximum atomic E-state index is 12.6. The van der Waals surface area contributed by atoms with E-state index in [2.05, 4.69) is 10.2 Å². The van der Waals surface area contributed by atoms with Gasteiger partial charge in [0.25, 0.3) is 0 Å². The van der Waals surface area contributed by atoms with Crippen molar-refractivity contribution in [3.05, 3.63) is 11.6 Å². The van der Waals surface area contributed by atoms with Crippen molar-refractivity contribution in [2.24, 2.45) is 5.92 Å². The van der Waals surface area contributed by atoms with Crippen LogP contribution in [-0.2, 0) is 24.1 Å². The van der Waals surface area contributed by atoms with Crippen LogP contribution in [0.25, 0.3) is 0 Å². The second kappa shape index (κ2) is 4.80. The molecule has 1 aromatic rings. The molecule has 1 aromatic heterocycles. The van der Waals surface area contributed by atoms with Crippen molar-refractivity contribution in [3.8, 4) is 0 Å². The monoisotopic (exact) mass is 278 g/mol. The molecule has 2 rings (SSSR count). The highest BCUT2D eigenvalue weighted by atomic mass is 19.4. The molecule has 0 aromatic carbocycles. The van der Waals surface area contributed by atoms with E-state index in [0.29, 0.717) is 6.54 Å². The maximum absolute atomic E-state index is 12.6. The molecule has 0 fully saturated rings. The van der Waals surface area contributed by atoms with Crippen LogP contribution in [0.15, 0.2) is 0 Å². The first-order valence-corrected chi connectivity index (χ1v) is 5.73. The molecule has 9 heteroatoms. The third-order valence-corrected chi connectivity index (χ3v) is 3.04. The quantitative estimate of drug-likeness (QED) is 0.887. The van der Waals surface area contributed by atoms with Gasteiger partial charge in [-0.3, -0.25) is 9.69 Å². The van der Waals surface area contributed by atoms with E-state index in [-0.39, 0.29) is 25.5 Å². The summed E-state index contributed by atoms with van der Waals surface area (Å²) < 4.78 is 38.9. The molecule has 0 radical (unpaired) electrons. The Labute approximate surface area is 106 Å². The Morgan fingerprint density at radius 1 is 1.42 bits per heavy atom. The number of aliphatic carboxylic acids is 1. The lowest BCUT2D eigenvalue weighted by Gasteiger charge is -2.28. The molecule has 0 bridgehead atoms. The minimum Gasteiger partial charge on any atom is -0.481 e. The molecule has 6 nitrogen and oxygen atoms in total. The van der Waals surface area contributed by atoms with Crippen LogP contribution in [-0.4, -0.2) is 43.8 Å². The number of alkyl halides is 3. The summed E-state index contributed by atoms with van der Waals surface area (Å²) in [7, 11) is 0. The smallest absolute Gasteiger partial charge is 0.451 e. The zero-order valence-electron chi connectivity index (χ0n) is 10.2. The van der Waals surface area contributed by atoms with Gasteiger partial charge in [-0.15, -0.1) is 10.2 Å². The summed E-state index contributed by atoms with van der Waals surface area (Å²) in [5.74, 6) is -2.27. The number of aromatic nitrogens is 3. The first kappa shape index (κ1) is 13.8. The molecule has 0 amide bonds. The second-order valence-corrected chi connectivity index (χ2v) is 4.56. The minimum atomic E-state index is -4.51. The predicted octanol–water partition coefficient (Wildman–Crippen LogP) is 0.833. The van der Waals surface area contributed by atoms with E-state index in [4.69, 9.17) is 5.11 Å². The number of fused-ring (bicyclic) bond motifs is 1. The lowest BCUT2D eigenvalue weighted by molar-refractivity contribution is -0.148. The molecule has 1 N–H and O–H groups in total. The van der Waals surface area contributed by atoms with Crippen LogP contribution >= 0.6 is 0 Å². The normalized spacial score (nSPS) is 18.1. The second-order valence-electron chi connectivity index (χ2n) is 4.56. The van der Waals surface area contributed by atoms with Crippen LogP contribution in [0.2, 0.25) is 0 Å². The van der Waals surface area contributed by atoms with Gasteiger partial charge in [0.2, 0.25) is 5.82 Å². The van der Waals surface area contributed by atoms with Gasteiger partial charge >= 0.3 is 12.1 Å². The summed E-state index contributed by atoms with van der Waals surface area (Å²) in [6.07, 6.45) is -4.51. The highest BCUT2D eigenvalue weighted by Gasteiger charge is 2.39. The lowest BCUT2D eigenvalue weighted by atomic mass is 10.1. The number of halogens is 3. The van der Waals surface area contributed by atoms with Gasteiger partial charge in [-0.05, 0) is 0 Å². The van der Waals surface area contributed by atoms with Crippen LogP contribution in [0.5, 0.6) is 0 Å². The first-order valence-electron chi connectivity index (χ1n) is 5.73. The molecule has 2 heterocycles. The van der Waals surface area contributed by atoms with Gasteiger partial charge in [0, 0.05) is 19.6 Å². The molecule has 1 unspecified atom stereocenters. The number of rotatable bonds is 3. The lowest BCUT2D eigenvalue weighted by Crippen LogP contribution is -2.39. The summed E-state index contributed by atoms with van der Waals surface area (Å²) in [6.45, 7) is 2.49. The van der Waals surface area contributed by atoms with Crippen molar-refractivity contribution < 1.29 is 23.1 Å². The summed E-state index contributed by atoms with van der Waals surface area (Å²) in [4.78, 5) is 12.5. The Kier molecular flexibility index (Phi) is 3.48. The average molecular weight is 278 g/mol. The molecule has 1 aliphatic rings.